The zero-order chi connectivity index (χ0) is 21.9. The fourth-order valence-electron chi connectivity index (χ4n) is 2.93. The summed E-state index contributed by atoms with van der Waals surface area (Å²) in [5, 5.41) is 15.3. The minimum absolute atomic E-state index is 0.131. The van der Waals surface area contributed by atoms with Crippen LogP contribution in [0.3, 0.4) is 0 Å². The highest BCUT2D eigenvalue weighted by molar-refractivity contribution is 6.04. The molecule has 0 atom stereocenters. The van der Waals surface area contributed by atoms with Crippen LogP contribution in [0.5, 0.6) is 0 Å². The number of anilines is 3. The van der Waals surface area contributed by atoms with Gasteiger partial charge in [0.25, 0.3) is 5.91 Å². The third-order valence-electron chi connectivity index (χ3n) is 4.22. The Morgan fingerprint density at radius 2 is 1.67 bits per heavy atom. The van der Waals surface area contributed by atoms with Gasteiger partial charge >= 0.3 is 6.03 Å². The van der Waals surface area contributed by atoms with Gasteiger partial charge in [-0.3, -0.25) is 9.89 Å². The van der Waals surface area contributed by atoms with Gasteiger partial charge in [0.1, 0.15) is 5.56 Å². The van der Waals surface area contributed by atoms with Gasteiger partial charge < -0.3 is 21.7 Å². The van der Waals surface area contributed by atoms with Gasteiger partial charge in [0.05, 0.1) is 5.69 Å². The Hall–Kier alpha value is -3.81. The van der Waals surface area contributed by atoms with Gasteiger partial charge in [-0.15, -0.1) is 0 Å². The number of hydrogen-bond acceptors (Lipinski definition) is 4. The molecular weight excluding hydrogens is 380 g/mol. The van der Waals surface area contributed by atoms with E-state index in [-0.39, 0.29) is 17.8 Å². The zero-order valence-corrected chi connectivity index (χ0v) is 17.5. The number of hydrogen-bond donors (Lipinski definition) is 5. The molecule has 0 aliphatic heterocycles. The van der Waals surface area contributed by atoms with Gasteiger partial charge in [0.15, 0.2) is 5.82 Å². The van der Waals surface area contributed by atoms with Gasteiger partial charge in [0.2, 0.25) is 0 Å². The molecule has 8 nitrogen and oxygen atoms in total. The first kappa shape index (κ1) is 20.9. The van der Waals surface area contributed by atoms with E-state index in [1.54, 1.807) is 24.3 Å². The number of carbonyl (C=O) groups excluding carboxylic acids is 2. The summed E-state index contributed by atoms with van der Waals surface area (Å²) in [6, 6.07) is 14.2. The number of aromatic nitrogens is 2. The number of urea groups is 1. The maximum absolute atomic E-state index is 12.6. The fraction of sp³-hybridized carbons (Fsp3) is 0.227. The van der Waals surface area contributed by atoms with Crippen LogP contribution in [-0.2, 0) is 0 Å². The summed E-state index contributed by atoms with van der Waals surface area (Å²) < 4.78 is 0. The van der Waals surface area contributed by atoms with Crippen LogP contribution >= 0.6 is 0 Å². The lowest BCUT2D eigenvalue weighted by Crippen LogP contribution is -2.40. The molecule has 0 fully saturated rings. The van der Waals surface area contributed by atoms with E-state index in [0.29, 0.717) is 22.6 Å². The predicted octanol–water partition coefficient (Wildman–Crippen LogP) is 4.14. The molecule has 8 heteroatoms. The fourth-order valence-corrected chi connectivity index (χ4v) is 2.93. The maximum Gasteiger partial charge on any atom is 0.323 e. The largest absolute Gasteiger partial charge is 0.382 e. The Balaban J connectivity index is 1.73. The number of aryl methyl sites for hydroxylation is 1. The van der Waals surface area contributed by atoms with Crippen LogP contribution in [0.2, 0.25) is 0 Å². The van der Waals surface area contributed by atoms with Crippen molar-refractivity contribution in [2.45, 2.75) is 33.2 Å². The van der Waals surface area contributed by atoms with Crippen molar-refractivity contribution in [1.29, 1.82) is 0 Å². The minimum atomic E-state index is -0.406. The Kier molecular flexibility index (Phi) is 5.77. The normalized spacial score (nSPS) is 11.1. The number of aromatic amines is 1. The molecule has 2 aromatic carbocycles. The summed E-state index contributed by atoms with van der Waals surface area (Å²) in [6.07, 6.45) is 0. The van der Waals surface area contributed by atoms with Crippen LogP contribution in [0.4, 0.5) is 22.0 Å². The second kappa shape index (κ2) is 8.28. The van der Waals surface area contributed by atoms with E-state index in [1.165, 1.54) is 0 Å². The molecule has 3 aromatic rings. The van der Waals surface area contributed by atoms with Gasteiger partial charge in [-0.2, -0.15) is 5.10 Å². The first-order chi connectivity index (χ1) is 14.1. The standard InChI is InChI=1S/C22H26N6O2/c1-13-6-5-7-16(12-13)25-21(30)24-15-10-8-14(9-11-15)18-17(19(23)28-27-18)20(29)26-22(2,3)4/h5-12H,1-4H3,(H,26,29)(H3,23,27,28)(H2,24,25,30). The Morgan fingerprint density at radius 3 is 2.30 bits per heavy atom. The summed E-state index contributed by atoms with van der Waals surface area (Å²) in [5.74, 6) is -0.171. The average molecular weight is 406 g/mol. The van der Waals surface area contributed by atoms with Crippen LogP contribution in [0, 0.1) is 6.92 Å². The van der Waals surface area contributed by atoms with Crippen molar-refractivity contribution >= 4 is 29.1 Å². The molecule has 0 saturated carbocycles. The van der Waals surface area contributed by atoms with Gasteiger partial charge in [-0.05, 0) is 57.5 Å². The van der Waals surface area contributed by atoms with Crippen LogP contribution in [0.15, 0.2) is 48.5 Å². The third-order valence-corrected chi connectivity index (χ3v) is 4.22. The van der Waals surface area contributed by atoms with Gasteiger partial charge in [0, 0.05) is 22.5 Å². The minimum Gasteiger partial charge on any atom is -0.382 e. The molecule has 0 aliphatic rings. The van der Waals surface area contributed by atoms with Crippen molar-refractivity contribution in [2.24, 2.45) is 0 Å². The molecule has 0 bridgehead atoms. The lowest BCUT2D eigenvalue weighted by atomic mass is 10.0. The molecule has 156 valence electrons. The number of H-pyrrole nitrogens is 1. The average Bonchev–Trinajstić information content (AvgIpc) is 3.02. The molecule has 30 heavy (non-hydrogen) atoms. The number of rotatable bonds is 4. The van der Waals surface area contributed by atoms with E-state index < -0.39 is 5.54 Å². The summed E-state index contributed by atoms with van der Waals surface area (Å²) in [4.78, 5) is 24.8. The van der Waals surface area contributed by atoms with Crippen LogP contribution < -0.4 is 21.7 Å². The molecule has 0 saturated heterocycles. The molecule has 3 amide bonds. The summed E-state index contributed by atoms with van der Waals surface area (Å²) in [7, 11) is 0. The van der Waals surface area contributed by atoms with E-state index >= 15 is 0 Å². The summed E-state index contributed by atoms with van der Waals surface area (Å²) >= 11 is 0. The van der Waals surface area contributed by atoms with Gasteiger partial charge in [-0.1, -0.05) is 24.3 Å². The van der Waals surface area contributed by atoms with E-state index in [0.717, 1.165) is 11.1 Å². The number of nitrogen functional groups attached to an aromatic ring is 1. The molecule has 0 aliphatic carbocycles. The van der Waals surface area contributed by atoms with E-state index in [2.05, 4.69) is 26.1 Å². The van der Waals surface area contributed by atoms with Crippen molar-refractivity contribution in [1.82, 2.24) is 15.5 Å². The smallest absolute Gasteiger partial charge is 0.323 e. The molecule has 0 unspecified atom stereocenters. The number of carbonyl (C=O) groups is 2. The first-order valence-corrected chi connectivity index (χ1v) is 9.54. The van der Waals surface area contributed by atoms with Crippen molar-refractivity contribution in [3.05, 3.63) is 59.7 Å². The SMILES string of the molecule is Cc1cccc(NC(=O)Nc2ccc(-c3[nH]nc(N)c3C(=O)NC(C)(C)C)cc2)c1. The lowest BCUT2D eigenvalue weighted by Gasteiger charge is -2.20. The Morgan fingerprint density at radius 1 is 1.00 bits per heavy atom. The lowest BCUT2D eigenvalue weighted by molar-refractivity contribution is 0.0921. The molecule has 0 spiro atoms. The molecular formula is C22H26N6O2. The monoisotopic (exact) mass is 406 g/mol. The summed E-state index contributed by atoms with van der Waals surface area (Å²) in [6.45, 7) is 7.63. The second-order valence-corrected chi connectivity index (χ2v) is 8.09. The third kappa shape index (κ3) is 5.16. The number of nitrogens with zero attached hydrogens (tertiary/aromatic N) is 1. The molecule has 1 heterocycles. The highest BCUT2D eigenvalue weighted by atomic mass is 16.2. The number of nitrogens with one attached hydrogen (secondary N) is 4. The summed E-state index contributed by atoms with van der Waals surface area (Å²) in [5.41, 5.74) is 9.42. The quantitative estimate of drug-likeness (QED) is 0.446. The predicted molar refractivity (Wildman–Crippen MR) is 119 cm³/mol. The van der Waals surface area contributed by atoms with E-state index in [9.17, 15) is 9.59 Å². The highest BCUT2D eigenvalue weighted by Crippen LogP contribution is 2.27. The van der Waals surface area contributed by atoms with Crippen LogP contribution in [0.1, 0.15) is 36.7 Å². The Bertz CT molecular complexity index is 1060. The van der Waals surface area contributed by atoms with Crippen molar-refractivity contribution in [3.63, 3.8) is 0 Å². The van der Waals surface area contributed by atoms with E-state index in [1.807, 2.05) is 52.0 Å². The zero-order valence-electron chi connectivity index (χ0n) is 17.5. The molecule has 0 radical (unpaired) electrons. The number of nitrogens with two attached hydrogens (primary N) is 1. The first-order valence-electron chi connectivity index (χ1n) is 9.54. The molecule has 6 N–H and O–H groups in total. The van der Waals surface area contributed by atoms with Gasteiger partial charge in [-0.25, -0.2) is 4.79 Å². The Labute approximate surface area is 175 Å². The van der Waals surface area contributed by atoms with Crippen LogP contribution in [0.25, 0.3) is 11.3 Å². The van der Waals surface area contributed by atoms with Crippen molar-refractivity contribution in [2.75, 3.05) is 16.4 Å². The maximum atomic E-state index is 12.6. The topological polar surface area (TPSA) is 125 Å². The van der Waals surface area contributed by atoms with Crippen molar-refractivity contribution < 1.29 is 9.59 Å². The number of amides is 3. The van der Waals surface area contributed by atoms with E-state index in [4.69, 9.17) is 5.73 Å². The van der Waals surface area contributed by atoms with Crippen LogP contribution in [-0.4, -0.2) is 27.7 Å². The number of benzene rings is 2. The molecule has 3 rings (SSSR count). The second-order valence-electron chi connectivity index (χ2n) is 8.09. The van der Waals surface area contributed by atoms with Crippen molar-refractivity contribution in [3.8, 4) is 11.3 Å². The highest BCUT2D eigenvalue weighted by Gasteiger charge is 2.23. The molecule has 1 aromatic heterocycles.